The minimum atomic E-state index is 0.680. The van der Waals surface area contributed by atoms with Crippen LogP contribution in [-0.2, 0) is 0 Å². The van der Waals surface area contributed by atoms with E-state index in [2.05, 4.69) is 29.1 Å². The van der Waals surface area contributed by atoms with Gasteiger partial charge in [0.05, 0.1) is 0 Å². The van der Waals surface area contributed by atoms with Crippen LogP contribution in [0.2, 0.25) is 0 Å². The predicted molar refractivity (Wildman–Crippen MR) is 78.0 cm³/mol. The van der Waals surface area contributed by atoms with Gasteiger partial charge in [0.2, 0.25) is 0 Å². The maximum Gasteiger partial charge on any atom is 0.0223 e. The number of hydrogen-bond donors (Lipinski definition) is 1. The first-order valence-electron chi connectivity index (χ1n) is 7.93. The average molecular weight is 253 g/mol. The van der Waals surface area contributed by atoms with E-state index >= 15 is 0 Å². The molecule has 2 aliphatic rings. The van der Waals surface area contributed by atoms with Crippen molar-refractivity contribution in [3.05, 3.63) is 0 Å². The van der Waals surface area contributed by atoms with Gasteiger partial charge in [0, 0.05) is 18.6 Å². The van der Waals surface area contributed by atoms with Gasteiger partial charge in [0.25, 0.3) is 0 Å². The van der Waals surface area contributed by atoms with Crippen LogP contribution >= 0.6 is 0 Å². The molecule has 2 rings (SSSR count). The second kappa shape index (κ2) is 7.46. The number of rotatable bonds is 6. The Morgan fingerprint density at radius 1 is 1.17 bits per heavy atom. The van der Waals surface area contributed by atoms with Crippen molar-refractivity contribution in [3.63, 3.8) is 0 Å². The van der Waals surface area contributed by atoms with E-state index in [1.807, 2.05) is 0 Å². The Morgan fingerprint density at radius 3 is 2.83 bits per heavy atom. The molecule has 2 unspecified atom stereocenters. The van der Waals surface area contributed by atoms with Crippen molar-refractivity contribution >= 4 is 0 Å². The molecule has 0 radical (unpaired) electrons. The molecule has 106 valence electrons. The molecule has 2 heterocycles. The molecule has 0 saturated carbocycles. The summed E-state index contributed by atoms with van der Waals surface area (Å²) in [5.41, 5.74) is 0. The van der Waals surface area contributed by atoms with Crippen LogP contribution in [0.1, 0.15) is 45.4 Å². The first-order chi connectivity index (χ1) is 8.79. The lowest BCUT2D eigenvalue weighted by Gasteiger charge is -2.25. The predicted octanol–water partition coefficient (Wildman–Crippen LogP) is 1.93. The standard InChI is InChI=1S/C15H31N3/c1-14(16-2)7-3-4-9-17-10-6-12-18-11-5-8-15(18)13-17/h14-16H,3-13H2,1-2H3. The average Bonchev–Trinajstić information content (AvgIpc) is 2.73. The van der Waals surface area contributed by atoms with Crippen molar-refractivity contribution < 1.29 is 0 Å². The van der Waals surface area contributed by atoms with E-state index < -0.39 is 0 Å². The van der Waals surface area contributed by atoms with Crippen LogP contribution < -0.4 is 5.32 Å². The van der Waals surface area contributed by atoms with Gasteiger partial charge in [-0.15, -0.1) is 0 Å². The number of nitrogens with one attached hydrogen (secondary N) is 1. The van der Waals surface area contributed by atoms with Gasteiger partial charge in [-0.25, -0.2) is 0 Å². The highest BCUT2D eigenvalue weighted by Crippen LogP contribution is 2.21. The van der Waals surface area contributed by atoms with E-state index in [0.717, 1.165) is 6.04 Å². The Kier molecular flexibility index (Phi) is 5.93. The first kappa shape index (κ1) is 14.3. The highest BCUT2D eigenvalue weighted by Gasteiger charge is 2.28. The Morgan fingerprint density at radius 2 is 2.00 bits per heavy atom. The molecule has 0 amide bonds. The summed E-state index contributed by atoms with van der Waals surface area (Å²) >= 11 is 0. The normalized spacial score (nSPS) is 28.0. The van der Waals surface area contributed by atoms with Gasteiger partial charge < -0.3 is 10.2 Å². The molecule has 1 N–H and O–H groups in total. The van der Waals surface area contributed by atoms with Crippen molar-refractivity contribution in [2.24, 2.45) is 0 Å². The molecule has 0 bridgehead atoms. The summed E-state index contributed by atoms with van der Waals surface area (Å²) in [6.07, 6.45) is 8.31. The van der Waals surface area contributed by atoms with Gasteiger partial charge in [0.15, 0.2) is 0 Å². The van der Waals surface area contributed by atoms with Gasteiger partial charge in [-0.2, -0.15) is 0 Å². The van der Waals surface area contributed by atoms with Gasteiger partial charge >= 0.3 is 0 Å². The second-order valence-corrected chi connectivity index (χ2v) is 6.17. The van der Waals surface area contributed by atoms with Crippen LogP contribution in [-0.4, -0.2) is 61.7 Å². The summed E-state index contributed by atoms with van der Waals surface area (Å²) in [4.78, 5) is 5.45. The fraction of sp³-hybridized carbons (Fsp3) is 1.00. The molecule has 0 spiro atoms. The molecular formula is C15H31N3. The molecule has 0 aromatic rings. The lowest BCUT2D eigenvalue weighted by atomic mass is 10.1. The summed E-state index contributed by atoms with van der Waals surface area (Å²) in [5.74, 6) is 0. The third-order valence-corrected chi connectivity index (χ3v) is 4.74. The maximum absolute atomic E-state index is 3.32. The Bertz CT molecular complexity index is 232. The van der Waals surface area contributed by atoms with Crippen LogP contribution in [0.25, 0.3) is 0 Å². The zero-order chi connectivity index (χ0) is 12.8. The molecular weight excluding hydrogens is 222 g/mol. The van der Waals surface area contributed by atoms with E-state index in [4.69, 9.17) is 0 Å². The summed E-state index contributed by atoms with van der Waals surface area (Å²) in [5, 5.41) is 3.32. The molecule has 0 aromatic carbocycles. The maximum atomic E-state index is 3.32. The summed E-state index contributed by atoms with van der Waals surface area (Å²) in [6.45, 7) is 8.97. The quantitative estimate of drug-likeness (QED) is 0.730. The van der Waals surface area contributed by atoms with Crippen molar-refractivity contribution in [3.8, 4) is 0 Å². The van der Waals surface area contributed by atoms with E-state index in [1.165, 1.54) is 71.2 Å². The molecule has 18 heavy (non-hydrogen) atoms. The largest absolute Gasteiger partial charge is 0.317 e. The lowest BCUT2D eigenvalue weighted by molar-refractivity contribution is 0.217. The summed E-state index contributed by atoms with van der Waals surface area (Å²) in [7, 11) is 2.06. The number of hydrogen-bond acceptors (Lipinski definition) is 3. The molecule has 2 atom stereocenters. The molecule has 2 saturated heterocycles. The van der Waals surface area contributed by atoms with E-state index in [9.17, 15) is 0 Å². The van der Waals surface area contributed by atoms with Gasteiger partial charge in [-0.1, -0.05) is 6.42 Å². The smallest absolute Gasteiger partial charge is 0.0223 e. The van der Waals surface area contributed by atoms with Crippen molar-refractivity contribution in [1.29, 1.82) is 0 Å². The minimum absolute atomic E-state index is 0.680. The summed E-state index contributed by atoms with van der Waals surface area (Å²) in [6, 6.07) is 1.56. The van der Waals surface area contributed by atoms with Gasteiger partial charge in [0.1, 0.15) is 0 Å². The van der Waals surface area contributed by atoms with Gasteiger partial charge in [-0.3, -0.25) is 4.90 Å². The minimum Gasteiger partial charge on any atom is -0.317 e. The lowest BCUT2D eigenvalue weighted by Crippen LogP contribution is -2.37. The third-order valence-electron chi connectivity index (χ3n) is 4.74. The fourth-order valence-corrected chi connectivity index (χ4v) is 3.42. The van der Waals surface area contributed by atoms with Gasteiger partial charge in [-0.05, 0) is 72.3 Å². The second-order valence-electron chi connectivity index (χ2n) is 6.17. The van der Waals surface area contributed by atoms with Crippen molar-refractivity contribution in [2.45, 2.75) is 57.5 Å². The Labute approximate surface area is 113 Å². The fourth-order valence-electron chi connectivity index (χ4n) is 3.42. The highest BCUT2D eigenvalue weighted by molar-refractivity contribution is 4.84. The molecule has 2 aliphatic heterocycles. The van der Waals surface area contributed by atoms with Crippen LogP contribution in [0.5, 0.6) is 0 Å². The third kappa shape index (κ3) is 4.22. The zero-order valence-corrected chi connectivity index (χ0v) is 12.3. The molecule has 0 aromatic heterocycles. The number of fused-ring (bicyclic) bond motifs is 1. The zero-order valence-electron chi connectivity index (χ0n) is 12.3. The topological polar surface area (TPSA) is 18.5 Å². The van der Waals surface area contributed by atoms with Crippen molar-refractivity contribution in [1.82, 2.24) is 15.1 Å². The molecule has 0 aliphatic carbocycles. The van der Waals surface area contributed by atoms with Crippen LogP contribution in [0.15, 0.2) is 0 Å². The van der Waals surface area contributed by atoms with E-state index in [-0.39, 0.29) is 0 Å². The Balaban J connectivity index is 1.63. The Hall–Kier alpha value is -0.120. The summed E-state index contributed by atoms with van der Waals surface area (Å²) < 4.78 is 0. The van der Waals surface area contributed by atoms with E-state index in [1.54, 1.807) is 0 Å². The molecule has 3 heteroatoms. The molecule has 3 nitrogen and oxygen atoms in total. The van der Waals surface area contributed by atoms with Crippen LogP contribution in [0.4, 0.5) is 0 Å². The highest BCUT2D eigenvalue weighted by atomic mass is 15.3. The number of nitrogens with zero attached hydrogens (tertiary/aromatic N) is 2. The first-order valence-corrected chi connectivity index (χ1v) is 7.93. The van der Waals surface area contributed by atoms with E-state index in [0.29, 0.717) is 6.04 Å². The van der Waals surface area contributed by atoms with Crippen LogP contribution in [0, 0.1) is 0 Å². The van der Waals surface area contributed by atoms with Crippen LogP contribution in [0.3, 0.4) is 0 Å². The monoisotopic (exact) mass is 253 g/mol. The SMILES string of the molecule is CNC(C)CCCCN1CCCN2CCCC2C1. The molecule has 2 fully saturated rings. The number of unbranched alkanes of at least 4 members (excludes halogenated alkanes) is 1. The van der Waals surface area contributed by atoms with Crippen molar-refractivity contribution in [2.75, 3.05) is 39.8 Å².